The standard InChI is InChI=1S/C40H37FN2O6S/c1-5-35(44)38-33-20-32(34(43(6-2)50(4,46)47)21-37(33)49-39(38)25-10-13-30(41)14-11-25)27-8-7-9-28(18-27)36(45)23-40(24-42)17-16-26-19-31(48-3)15-12-29(26)22-40/h7-15,18-21H,5-6,16-17,22-23H2,1-4H3. The molecule has 1 aliphatic rings. The van der Waals surface area contributed by atoms with E-state index in [0.29, 0.717) is 63.7 Å². The van der Waals surface area contributed by atoms with Gasteiger partial charge in [0.1, 0.15) is 22.9 Å². The highest BCUT2D eigenvalue weighted by Crippen LogP contribution is 2.43. The number of carbonyl (C=O) groups excluding carboxylic acids is 2. The van der Waals surface area contributed by atoms with Crippen molar-refractivity contribution in [1.82, 2.24) is 0 Å². The van der Waals surface area contributed by atoms with Crippen LogP contribution in [0.1, 0.15) is 65.0 Å². The van der Waals surface area contributed by atoms with E-state index in [9.17, 15) is 27.7 Å². The first-order chi connectivity index (χ1) is 23.9. The van der Waals surface area contributed by atoms with E-state index >= 15 is 0 Å². The molecule has 1 aliphatic carbocycles. The Morgan fingerprint density at radius 2 is 1.74 bits per heavy atom. The predicted molar refractivity (Wildman–Crippen MR) is 192 cm³/mol. The van der Waals surface area contributed by atoms with Gasteiger partial charge >= 0.3 is 0 Å². The molecule has 0 spiro atoms. The van der Waals surface area contributed by atoms with Crippen molar-refractivity contribution in [3.05, 3.63) is 107 Å². The number of furan rings is 1. The van der Waals surface area contributed by atoms with Gasteiger partial charge in [-0.3, -0.25) is 13.9 Å². The molecule has 8 nitrogen and oxygen atoms in total. The Kier molecular flexibility index (Phi) is 9.38. The van der Waals surface area contributed by atoms with Gasteiger partial charge in [0.2, 0.25) is 10.0 Å². The third kappa shape index (κ3) is 6.53. The molecule has 1 atom stereocenters. The minimum absolute atomic E-state index is 0.0205. The number of nitrogens with zero attached hydrogens (tertiary/aromatic N) is 2. The Bertz CT molecular complexity index is 2290. The van der Waals surface area contributed by atoms with Gasteiger partial charge in [-0.05, 0) is 91.4 Å². The van der Waals surface area contributed by atoms with E-state index in [1.807, 2.05) is 18.2 Å². The van der Waals surface area contributed by atoms with Crippen LogP contribution in [0.3, 0.4) is 0 Å². The Hall–Kier alpha value is -5.27. The summed E-state index contributed by atoms with van der Waals surface area (Å²) >= 11 is 0. The van der Waals surface area contributed by atoms with Crippen LogP contribution in [0.5, 0.6) is 5.75 Å². The Balaban J connectivity index is 1.46. The molecular formula is C40H37FN2O6S. The smallest absolute Gasteiger partial charge is 0.232 e. The second-order valence-electron chi connectivity index (χ2n) is 12.8. The number of anilines is 1. The van der Waals surface area contributed by atoms with Crippen molar-refractivity contribution in [3.8, 4) is 34.3 Å². The van der Waals surface area contributed by atoms with E-state index in [-0.39, 0.29) is 36.7 Å². The van der Waals surface area contributed by atoms with Crippen molar-refractivity contribution in [2.45, 2.75) is 46.0 Å². The zero-order chi connectivity index (χ0) is 35.8. The number of benzene rings is 4. The molecule has 10 heteroatoms. The molecule has 1 aromatic heterocycles. The number of methoxy groups -OCH3 is 1. The quantitative estimate of drug-likeness (QED) is 0.127. The molecule has 0 aliphatic heterocycles. The largest absolute Gasteiger partial charge is 0.497 e. The maximum atomic E-state index is 13.9. The molecule has 5 aromatic rings. The van der Waals surface area contributed by atoms with E-state index in [0.717, 1.165) is 23.1 Å². The summed E-state index contributed by atoms with van der Waals surface area (Å²) in [4.78, 5) is 27.3. The molecule has 0 saturated carbocycles. The summed E-state index contributed by atoms with van der Waals surface area (Å²) in [5.74, 6) is 0.177. The average Bonchev–Trinajstić information content (AvgIpc) is 3.49. The molecule has 4 aromatic carbocycles. The maximum Gasteiger partial charge on any atom is 0.232 e. The van der Waals surface area contributed by atoms with Gasteiger partial charge in [0.05, 0.1) is 36.1 Å². The average molecular weight is 693 g/mol. The normalized spacial score (nSPS) is 15.7. The highest BCUT2D eigenvalue weighted by atomic mass is 32.2. The lowest BCUT2D eigenvalue weighted by Crippen LogP contribution is -2.30. The van der Waals surface area contributed by atoms with Crippen molar-refractivity contribution >= 4 is 38.2 Å². The van der Waals surface area contributed by atoms with E-state index in [2.05, 4.69) is 6.07 Å². The van der Waals surface area contributed by atoms with E-state index in [4.69, 9.17) is 9.15 Å². The van der Waals surface area contributed by atoms with Gasteiger partial charge in [0.15, 0.2) is 11.6 Å². The lowest BCUT2D eigenvalue weighted by molar-refractivity contribution is 0.0930. The number of nitriles is 1. The van der Waals surface area contributed by atoms with Crippen molar-refractivity contribution in [3.63, 3.8) is 0 Å². The van der Waals surface area contributed by atoms with Crippen molar-refractivity contribution in [2.24, 2.45) is 5.41 Å². The number of rotatable bonds is 11. The number of halogens is 1. The molecule has 0 amide bonds. The van der Waals surface area contributed by atoms with Gasteiger partial charge in [0.25, 0.3) is 0 Å². The number of fused-ring (bicyclic) bond motifs is 2. The molecule has 50 heavy (non-hydrogen) atoms. The minimum atomic E-state index is -3.76. The van der Waals surface area contributed by atoms with E-state index < -0.39 is 21.3 Å². The zero-order valence-electron chi connectivity index (χ0n) is 28.4. The molecule has 0 N–H and O–H groups in total. The van der Waals surface area contributed by atoms with Gasteiger partial charge < -0.3 is 9.15 Å². The number of aryl methyl sites for hydroxylation is 1. The third-order valence-corrected chi connectivity index (χ3v) is 10.8. The number of hydrogen-bond acceptors (Lipinski definition) is 7. The molecular weight excluding hydrogens is 656 g/mol. The number of sulfonamides is 1. The topological polar surface area (TPSA) is 118 Å². The summed E-state index contributed by atoms with van der Waals surface area (Å²) in [7, 11) is -2.15. The van der Waals surface area contributed by atoms with Crippen molar-refractivity contribution in [1.29, 1.82) is 5.26 Å². The summed E-state index contributed by atoms with van der Waals surface area (Å²) in [6, 6.07) is 24.1. The predicted octanol–water partition coefficient (Wildman–Crippen LogP) is 8.56. The van der Waals surface area contributed by atoms with Crippen LogP contribution in [0.25, 0.3) is 33.4 Å². The minimum Gasteiger partial charge on any atom is -0.497 e. The van der Waals surface area contributed by atoms with Crippen LogP contribution in [0.15, 0.2) is 83.3 Å². The second kappa shape index (κ2) is 13.6. The molecule has 0 saturated heterocycles. The fourth-order valence-corrected chi connectivity index (χ4v) is 7.91. The fraction of sp³-hybridized carbons (Fsp3) is 0.275. The maximum absolute atomic E-state index is 13.9. The Morgan fingerprint density at radius 3 is 2.40 bits per heavy atom. The van der Waals surface area contributed by atoms with Crippen molar-refractivity contribution < 1.29 is 31.6 Å². The lowest BCUT2D eigenvalue weighted by atomic mass is 9.69. The highest BCUT2D eigenvalue weighted by molar-refractivity contribution is 7.92. The van der Waals surface area contributed by atoms with Crippen LogP contribution in [-0.4, -0.2) is 39.9 Å². The first-order valence-corrected chi connectivity index (χ1v) is 18.3. The van der Waals surface area contributed by atoms with Crippen molar-refractivity contribution in [2.75, 3.05) is 24.2 Å². The summed E-state index contributed by atoms with van der Waals surface area (Å²) < 4.78 is 52.8. The lowest BCUT2D eigenvalue weighted by Gasteiger charge is -2.32. The van der Waals surface area contributed by atoms with Crippen LogP contribution in [-0.2, 0) is 22.9 Å². The number of carbonyl (C=O) groups is 2. The molecule has 0 radical (unpaired) electrons. The number of Topliss-reactive ketones (excluding diaryl/α,β-unsaturated/α-hetero) is 2. The molecule has 6 rings (SSSR count). The van der Waals surface area contributed by atoms with Crippen LogP contribution in [0, 0.1) is 22.6 Å². The zero-order valence-corrected chi connectivity index (χ0v) is 29.2. The molecule has 256 valence electrons. The molecule has 0 fully saturated rings. The van der Waals surface area contributed by atoms with Gasteiger partial charge in [0, 0.05) is 47.5 Å². The fourth-order valence-electron chi connectivity index (χ4n) is 6.93. The third-order valence-electron chi connectivity index (χ3n) is 9.52. The Morgan fingerprint density at radius 1 is 0.980 bits per heavy atom. The number of hydrogen-bond donors (Lipinski definition) is 0. The first kappa shape index (κ1) is 34.6. The SMILES string of the molecule is CCC(=O)c1c(-c2ccc(F)cc2)oc2cc(N(CC)S(C)(=O)=O)c(-c3cccc(C(=O)CC4(C#N)CCc5cc(OC)ccc5C4)c3)cc12. The van der Waals surface area contributed by atoms with E-state index in [1.54, 1.807) is 57.4 Å². The first-order valence-electron chi connectivity index (χ1n) is 16.5. The van der Waals surface area contributed by atoms with Gasteiger partial charge in [-0.25, -0.2) is 12.8 Å². The van der Waals surface area contributed by atoms with Crippen LogP contribution in [0.4, 0.5) is 10.1 Å². The molecule has 1 heterocycles. The Labute approximate surface area is 291 Å². The summed E-state index contributed by atoms with van der Waals surface area (Å²) in [6.07, 6.45) is 2.93. The van der Waals surface area contributed by atoms with Gasteiger partial charge in [-0.1, -0.05) is 31.2 Å². The monoisotopic (exact) mass is 692 g/mol. The van der Waals surface area contributed by atoms with Crippen LogP contribution < -0.4 is 9.04 Å². The van der Waals surface area contributed by atoms with E-state index in [1.165, 1.54) is 28.6 Å². The van der Waals surface area contributed by atoms with Crippen LogP contribution >= 0.6 is 0 Å². The summed E-state index contributed by atoms with van der Waals surface area (Å²) in [5.41, 5.74) is 4.09. The molecule has 0 bridgehead atoms. The second-order valence-corrected chi connectivity index (χ2v) is 14.7. The van der Waals surface area contributed by atoms with Gasteiger partial charge in [-0.2, -0.15) is 5.26 Å². The number of ketones is 2. The molecule has 1 unspecified atom stereocenters. The highest BCUT2D eigenvalue weighted by Gasteiger charge is 2.37. The van der Waals surface area contributed by atoms with Crippen LogP contribution in [0.2, 0.25) is 0 Å². The number of ether oxygens (including phenoxy) is 1. The summed E-state index contributed by atoms with van der Waals surface area (Å²) in [5, 5.41) is 10.8. The van der Waals surface area contributed by atoms with Gasteiger partial charge in [-0.15, -0.1) is 0 Å². The summed E-state index contributed by atoms with van der Waals surface area (Å²) in [6.45, 7) is 3.56.